The fourth-order valence-corrected chi connectivity index (χ4v) is 2.39. The molecule has 21 heavy (non-hydrogen) atoms. The lowest BCUT2D eigenvalue weighted by Gasteiger charge is -2.15. The summed E-state index contributed by atoms with van der Waals surface area (Å²) in [6, 6.07) is 12.6. The Labute approximate surface area is 135 Å². The Hall–Kier alpha value is -1.32. The largest absolute Gasteiger partial charge is 0.488 e. The van der Waals surface area contributed by atoms with E-state index in [0.29, 0.717) is 12.5 Å². The topological polar surface area (TPSA) is 21.3 Å². The van der Waals surface area contributed by atoms with Crippen molar-refractivity contribution in [3.8, 4) is 5.75 Å². The van der Waals surface area contributed by atoms with Crippen LogP contribution in [0.4, 0.5) is 0 Å². The number of hydrogen-bond acceptors (Lipinski definition) is 2. The summed E-state index contributed by atoms with van der Waals surface area (Å²) in [4.78, 5) is 0. The van der Waals surface area contributed by atoms with Gasteiger partial charge in [-0.05, 0) is 29.3 Å². The molecule has 2 aromatic rings. The van der Waals surface area contributed by atoms with E-state index >= 15 is 0 Å². The summed E-state index contributed by atoms with van der Waals surface area (Å²) in [6.45, 7) is 10.5. The Bertz CT molecular complexity index is 622. The van der Waals surface area contributed by atoms with E-state index in [1.807, 2.05) is 6.07 Å². The van der Waals surface area contributed by atoms with Crippen molar-refractivity contribution in [2.45, 2.75) is 20.4 Å². The van der Waals surface area contributed by atoms with Crippen LogP contribution < -0.4 is 10.1 Å². The van der Waals surface area contributed by atoms with Gasteiger partial charge in [0, 0.05) is 16.6 Å². The maximum absolute atomic E-state index is 5.88. The molecule has 0 fully saturated rings. The van der Waals surface area contributed by atoms with Crippen LogP contribution in [-0.2, 0) is 6.54 Å². The van der Waals surface area contributed by atoms with Crippen LogP contribution >= 0.6 is 15.9 Å². The van der Waals surface area contributed by atoms with E-state index in [0.717, 1.165) is 23.3 Å². The van der Waals surface area contributed by atoms with Crippen molar-refractivity contribution < 1.29 is 4.74 Å². The van der Waals surface area contributed by atoms with E-state index in [1.165, 1.54) is 16.3 Å². The normalized spacial score (nSPS) is 11.0. The van der Waals surface area contributed by atoms with Crippen molar-refractivity contribution in [2.24, 2.45) is 5.92 Å². The summed E-state index contributed by atoms with van der Waals surface area (Å²) in [5.41, 5.74) is 1.21. The molecule has 0 saturated carbocycles. The number of nitrogens with one attached hydrogen (secondary N) is 1. The van der Waals surface area contributed by atoms with E-state index in [9.17, 15) is 0 Å². The Balaban J connectivity index is 2.30. The van der Waals surface area contributed by atoms with Gasteiger partial charge in [-0.25, -0.2) is 0 Å². The molecule has 0 heterocycles. The smallest absolute Gasteiger partial charge is 0.124 e. The molecule has 2 rings (SSSR count). The second-order valence-electron chi connectivity index (χ2n) is 5.59. The minimum atomic E-state index is 0.482. The predicted molar refractivity (Wildman–Crippen MR) is 94.1 cm³/mol. The summed E-state index contributed by atoms with van der Waals surface area (Å²) in [5, 5.41) is 5.99. The van der Waals surface area contributed by atoms with Crippen LogP contribution in [-0.4, -0.2) is 13.2 Å². The molecule has 3 heteroatoms. The van der Waals surface area contributed by atoms with Crippen LogP contribution in [0.1, 0.15) is 19.4 Å². The van der Waals surface area contributed by atoms with Crippen molar-refractivity contribution in [3.05, 3.63) is 53.0 Å². The maximum Gasteiger partial charge on any atom is 0.124 e. The molecule has 0 aliphatic heterocycles. The molecule has 2 aromatic carbocycles. The Morgan fingerprint density at radius 1 is 1.24 bits per heavy atom. The number of ether oxygens (including phenoxy) is 1. The van der Waals surface area contributed by atoms with Crippen LogP contribution in [0, 0.1) is 5.92 Å². The minimum Gasteiger partial charge on any atom is -0.488 e. The summed E-state index contributed by atoms with van der Waals surface area (Å²) >= 11 is 3.34. The van der Waals surface area contributed by atoms with E-state index in [2.05, 4.69) is 72.0 Å². The molecule has 0 spiro atoms. The minimum absolute atomic E-state index is 0.482. The molecule has 0 unspecified atom stereocenters. The van der Waals surface area contributed by atoms with Crippen LogP contribution in [0.2, 0.25) is 0 Å². The molecule has 1 N–H and O–H groups in total. The fraction of sp³-hybridized carbons (Fsp3) is 0.333. The molecular weight excluding hydrogens is 326 g/mol. The molecule has 0 bridgehead atoms. The molecule has 0 aromatic heterocycles. The molecular formula is C18H22BrNO. The summed E-state index contributed by atoms with van der Waals surface area (Å²) < 4.78 is 6.72. The predicted octanol–water partition coefficient (Wildman–Crippen LogP) is 4.87. The van der Waals surface area contributed by atoms with Crippen molar-refractivity contribution in [1.29, 1.82) is 0 Å². The average Bonchev–Trinajstić information content (AvgIpc) is 2.45. The van der Waals surface area contributed by atoms with Gasteiger partial charge in [-0.2, -0.15) is 0 Å². The van der Waals surface area contributed by atoms with Crippen molar-refractivity contribution in [2.75, 3.05) is 13.2 Å². The highest BCUT2D eigenvalue weighted by Gasteiger charge is 2.09. The van der Waals surface area contributed by atoms with Gasteiger partial charge >= 0.3 is 0 Å². The monoisotopic (exact) mass is 347 g/mol. The number of halogens is 1. The fourth-order valence-electron chi connectivity index (χ4n) is 2.28. The van der Waals surface area contributed by atoms with E-state index in [1.54, 1.807) is 0 Å². The van der Waals surface area contributed by atoms with Crippen molar-refractivity contribution in [1.82, 2.24) is 5.32 Å². The number of rotatable bonds is 7. The number of hydrogen-bond donors (Lipinski definition) is 1. The zero-order valence-electron chi connectivity index (χ0n) is 12.7. The zero-order valence-corrected chi connectivity index (χ0v) is 14.2. The van der Waals surface area contributed by atoms with Crippen LogP contribution in [0.3, 0.4) is 0 Å². The first kappa shape index (κ1) is 16.1. The number of benzene rings is 2. The SMILES string of the molecule is C=C(Br)COc1ccc2ccccc2c1CNCC(C)C. The second-order valence-corrected chi connectivity index (χ2v) is 6.72. The standard InChI is InChI=1S/C18H22BrNO/c1-13(2)10-20-11-17-16-7-5-4-6-15(16)8-9-18(17)21-12-14(3)19/h4-9,13,20H,3,10-12H2,1-2H3. The average molecular weight is 348 g/mol. The summed E-state index contributed by atoms with van der Waals surface area (Å²) in [5.74, 6) is 1.55. The quantitative estimate of drug-likeness (QED) is 0.771. The first-order valence-electron chi connectivity index (χ1n) is 7.25. The van der Waals surface area contributed by atoms with Gasteiger partial charge in [-0.15, -0.1) is 0 Å². The Morgan fingerprint density at radius 3 is 2.71 bits per heavy atom. The highest BCUT2D eigenvalue weighted by atomic mass is 79.9. The van der Waals surface area contributed by atoms with Gasteiger partial charge in [-0.1, -0.05) is 66.7 Å². The van der Waals surface area contributed by atoms with Gasteiger partial charge < -0.3 is 10.1 Å². The molecule has 0 amide bonds. The molecule has 0 atom stereocenters. The summed E-state index contributed by atoms with van der Waals surface area (Å²) in [6.07, 6.45) is 0. The van der Waals surface area contributed by atoms with E-state index in [4.69, 9.17) is 4.74 Å². The van der Waals surface area contributed by atoms with Crippen LogP contribution in [0.15, 0.2) is 47.5 Å². The molecule has 112 valence electrons. The van der Waals surface area contributed by atoms with E-state index < -0.39 is 0 Å². The lowest BCUT2D eigenvalue weighted by molar-refractivity contribution is 0.356. The third kappa shape index (κ3) is 4.58. The first-order chi connectivity index (χ1) is 10.1. The Kier molecular flexibility index (Phi) is 5.83. The van der Waals surface area contributed by atoms with Crippen LogP contribution in [0.5, 0.6) is 5.75 Å². The van der Waals surface area contributed by atoms with Gasteiger partial charge in [-0.3, -0.25) is 0 Å². The number of fused-ring (bicyclic) bond motifs is 1. The van der Waals surface area contributed by atoms with Crippen LogP contribution in [0.25, 0.3) is 10.8 Å². The highest BCUT2D eigenvalue weighted by Crippen LogP contribution is 2.28. The first-order valence-corrected chi connectivity index (χ1v) is 8.04. The third-order valence-electron chi connectivity index (χ3n) is 3.24. The van der Waals surface area contributed by atoms with E-state index in [-0.39, 0.29) is 0 Å². The van der Waals surface area contributed by atoms with Gasteiger partial charge in [0.1, 0.15) is 12.4 Å². The van der Waals surface area contributed by atoms with Crippen molar-refractivity contribution in [3.63, 3.8) is 0 Å². The molecule has 2 nitrogen and oxygen atoms in total. The lowest BCUT2D eigenvalue weighted by atomic mass is 10.0. The molecule has 0 saturated heterocycles. The van der Waals surface area contributed by atoms with Gasteiger partial charge in [0.05, 0.1) is 0 Å². The highest BCUT2D eigenvalue weighted by molar-refractivity contribution is 9.11. The van der Waals surface area contributed by atoms with Gasteiger partial charge in [0.2, 0.25) is 0 Å². The molecule has 0 radical (unpaired) electrons. The Morgan fingerprint density at radius 2 is 2.00 bits per heavy atom. The van der Waals surface area contributed by atoms with Crippen molar-refractivity contribution >= 4 is 26.7 Å². The second kappa shape index (κ2) is 7.62. The molecule has 0 aliphatic carbocycles. The van der Waals surface area contributed by atoms with Gasteiger partial charge in [0.15, 0.2) is 0 Å². The summed E-state index contributed by atoms with van der Waals surface area (Å²) in [7, 11) is 0. The maximum atomic E-state index is 5.88. The third-order valence-corrected chi connectivity index (χ3v) is 3.47. The molecule has 0 aliphatic rings. The zero-order chi connectivity index (χ0) is 15.2. The lowest BCUT2D eigenvalue weighted by Crippen LogP contribution is -2.19. The van der Waals surface area contributed by atoms with Gasteiger partial charge in [0.25, 0.3) is 0 Å².